The van der Waals surface area contributed by atoms with Crippen LogP contribution >= 0.6 is 15.9 Å². The Morgan fingerprint density at radius 1 is 1.10 bits per heavy atom. The molecule has 0 bridgehead atoms. The number of hydrogen-bond acceptors (Lipinski definition) is 5. The minimum atomic E-state index is -0.784. The summed E-state index contributed by atoms with van der Waals surface area (Å²) >= 11 is 3.36. The Kier molecular flexibility index (Phi) is 6.56. The van der Waals surface area contributed by atoms with Crippen LogP contribution in [-0.2, 0) is 9.59 Å². The van der Waals surface area contributed by atoms with Crippen molar-refractivity contribution in [3.8, 4) is 11.5 Å². The zero-order valence-electron chi connectivity index (χ0n) is 16.8. The van der Waals surface area contributed by atoms with E-state index in [1.165, 1.54) is 13.2 Å². The highest BCUT2D eigenvalue weighted by Gasteiger charge is 2.37. The molecule has 1 N–H and O–H groups in total. The zero-order chi connectivity index (χ0) is 21.8. The molecule has 0 aliphatic carbocycles. The van der Waals surface area contributed by atoms with Crippen molar-refractivity contribution in [3.05, 3.63) is 57.6 Å². The lowest BCUT2D eigenvalue weighted by Gasteiger charge is -2.27. The molecule has 1 saturated heterocycles. The number of anilines is 1. The largest absolute Gasteiger partial charge is 0.493 e. The van der Waals surface area contributed by atoms with Gasteiger partial charge in [-0.15, -0.1) is 0 Å². The van der Waals surface area contributed by atoms with E-state index in [9.17, 15) is 14.4 Å². The van der Waals surface area contributed by atoms with E-state index in [-0.39, 0.29) is 5.57 Å². The average Bonchev–Trinajstić information content (AvgIpc) is 2.71. The van der Waals surface area contributed by atoms with E-state index in [2.05, 4.69) is 21.2 Å². The highest BCUT2D eigenvalue weighted by molar-refractivity contribution is 9.10. The lowest BCUT2D eigenvalue weighted by molar-refractivity contribution is -0.122. The van der Waals surface area contributed by atoms with Gasteiger partial charge in [0.15, 0.2) is 11.5 Å². The van der Waals surface area contributed by atoms with E-state index < -0.39 is 17.8 Å². The molecule has 1 aliphatic rings. The van der Waals surface area contributed by atoms with E-state index in [0.717, 1.165) is 15.8 Å². The summed E-state index contributed by atoms with van der Waals surface area (Å²) in [5, 5.41) is 2.23. The summed E-state index contributed by atoms with van der Waals surface area (Å²) in [5.41, 5.74) is 1.53. The van der Waals surface area contributed by atoms with Crippen LogP contribution in [0.5, 0.6) is 11.5 Å². The Bertz CT molecular complexity index is 1050. The first kappa shape index (κ1) is 21.6. The van der Waals surface area contributed by atoms with E-state index in [1.54, 1.807) is 43.3 Å². The van der Waals surface area contributed by atoms with Crippen LogP contribution in [0.25, 0.3) is 6.08 Å². The highest BCUT2D eigenvalue weighted by atomic mass is 79.9. The first-order chi connectivity index (χ1) is 14.3. The van der Waals surface area contributed by atoms with Crippen molar-refractivity contribution >= 4 is 45.5 Å². The number of imide groups is 2. The number of barbiturate groups is 1. The minimum absolute atomic E-state index is 0.152. The molecule has 0 unspecified atom stereocenters. The van der Waals surface area contributed by atoms with Crippen molar-refractivity contribution < 1.29 is 23.9 Å². The first-order valence-electron chi connectivity index (χ1n) is 9.34. The molecule has 8 heteroatoms. The number of urea groups is 1. The standard InChI is InChI=1S/C22H21BrN2O5/c1-4-9-30-18-8-5-14(12-19(18)29-3)11-16-20(26)24-22(28)25(21(16)27)17-7-6-15(23)10-13(17)2/h5-8,10-12H,4,9H2,1-3H3,(H,24,26,28). The highest BCUT2D eigenvalue weighted by Crippen LogP contribution is 2.31. The maximum Gasteiger partial charge on any atom is 0.335 e. The fourth-order valence-corrected chi connectivity index (χ4v) is 3.49. The van der Waals surface area contributed by atoms with Crippen molar-refractivity contribution in [2.24, 2.45) is 0 Å². The van der Waals surface area contributed by atoms with Crippen LogP contribution in [0.15, 0.2) is 46.4 Å². The number of nitrogens with zero attached hydrogens (tertiary/aromatic N) is 1. The molecule has 30 heavy (non-hydrogen) atoms. The quantitative estimate of drug-likeness (QED) is 0.502. The predicted molar refractivity (Wildman–Crippen MR) is 117 cm³/mol. The lowest BCUT2D eigenvalue weighted by atomic mass is 10.1. The Morgan fingerprint density at radius 2 is 1.87 bits per heavy atom. The van der Waals surface area contributed by atoms with Crippen LogP contribution in [0.2, 0.25) is 0 Å². The van der Waals surface area contributed by atoms with Crippen LogP contribution in [-0.4, -0.2) is 31.6 Å². The molecular formula is C22H21BrN2O5. The van der Waals surface area contributed by atoms with Gasteiger partial charge in [-0.05, 0) is 60.9 Å². The minimum Gasteiger partial charge on any atom is -0.493 e. The number of halogens is 1. The predicted octanol–water partition coefficient (Wildman–Crippen LogP) is 4.22. The average molecular weight is 473 g/mol. The Labute approximate surface area is 182 Å². The zero-order valence-corrected chi connectivity index (χ0v) is 18.4. The SMILES string of the molecule is CCCOc1ccc(C=C2C(=O)NC(=O)N(c3ccc(Br)cc3C)C2=O)cc1OC. The van der Waals surface area contributed by atoms with Crippen LogP contribution in [0.1, 0.15) is 24.5 Å². The third kappa shape index (κ3) is 4.38. The maximum absolute atomic E-state index is 13.1. The van der Waals surface area contributed by atoms with Crippen molar-refractivity contribution in [3.63, 3.8) is 0 Å². The monoisotopic (exact) mass is 472 g/mol. The molecule has 0 aromatic heterocycles. The number of methoxy groups -OCH3 is 1. The van der Waals surface area contributed by atoms with Gasteiger partial charge in [0.1, 0.15) is 5.57 Å². The van der Waals surface area contributed by atoms with Gasteiger partial charge in [-0.25, -0.2) is 9.69 Å². The van der Waals surface area contributed by atoms with Gasteiger partial charge >= 0.3 is 6.03 Å². The van der Waals surface area contributed by atoms with Gasteiger partial charge in [0.25, 0.3) is 11.8 Å². The van der Waals surface area contributed by atoms with Crippen LogP contribution in [0.4, 0.5) is 10.5 Å². The summed E-state index contributed by atoms with van der Waals surface area (Å²) in [5.74, 6) is -0.387. The lowest BCUT2D eigenvalue weighted by Crippen LogP contribution is -2.54. The van der Waals surface area contributed by atoms with Gasteiger partial charge in [-0.3, -0.25) is 14.9 Å². The van der Waals surface area contributed by atoms with Gasteiger partial charge in [0.2, 0.25) is 0 Å². The van der Waals surface area contributed by atoms with Crippen molar-refractivity contribution in [1.29, 1.82) is 0 Å². The van der Waals surface area contributed by atoms with Crippen LogP contribution in [0, 0.1) is 6.92 Å². The van der Waals surface area contributed by atoms with E-state index in [4.69, 9.17) is 9.47 Å². The van der Waals surface area contributed by atoms with Gasteiger partial charge < -0.3 is 9.47 Å². The van der Waals surface area contributed by atoms with Crippen molar-refractivity contribution in [2.75, 3.05) is 18.6 Å². The molecular weight excluding hydrogens is 452 g/mol. The maximum atomic E-state index is 13.1. The molecule has 156 valence electrons. The molecule has 4 amide bonds. The van der Waals surface area contributed by atoms with E-state index >= 15 is 0 Å². The summed E-state index contributed by atoms with van der Waals surface area (Å²) < 4.78 is 11.8. The number of aryl methyl sites for hydroxylation is 1. The Balaban J connectivity index is 1.98. The van der Waals surface area contributed by atoms with Crippen molar-refractivity contribution in [1.82, 2.24) is 5.32 Å². The number of benzene rings is 2. The summed E-state index contributed by atoms with van der Waals surface area (Å²) in [6.07, 6.45) is 2.28. The number of carbonyl (C=O) groups is 3. The Morgan fingerprint density at radius 3 is 2.53 bits per heavy atom. The Hall–Kier alpha value is -3.13. The van der Waals surface area contributed by atoms with Gasteiger partial charge in [0, 0.05) is 4.47 Å². The fourth-order valence-electron chi connectivity index (χ4n) is 3.02. The van der Waals surface area contributed by atoms with Gasteiger partial charge in [0.05, 0.1) is 19.4 Å². The van der Waals surface area contributed by atoms with E-state index in [0.29, 0.717) is 34.9 Å². The fraction of sp³-hybridized carbons (Fsp3) is 0.227. The topological polar surface area (TPSA) is 84.9 Å². The summed E-state index contributed by atoms with van der Waals surface area (Å²) in [6, 6.07) is 9.48. The van der Waals surface area contributed by atoms with Crippen molar-refractivity contribution in [2.45, 2.75) is 20.3 Å². The first-order valence-corrected chi connectivity index (χ1v) is 10.1. The van der Waals surface area contributed by atoms with Gasteiger partial charge in [-0.1, -0.05) is 28.9 Å². The number of ether oxygens (including phenoxy) is 2. The summed E-state index contributed by atoms with van der Waals surface area (Å²) in [4.78, 5) is 38.8. The second-order valence-electron chi connectivity index (χ2n) is 6.65. The molecule has 0 atom stereocenters. The third-order valence-corrected chi connectivity index (χ3v) is 4.96. The van der Waals surface area contributed by atoms with Gasteiger partial charge in [-0.2, -0.15) is 0 Å². The third-order valence-electron chi connectivity index (χ3n) is 4.46. The summed E-state index contributed by atoms with van der Waals surface area (Å²) in [7, 11) is 1.51. The van der Waals surface area contributed by atoms with E-state index in [1.807, 2.05) is 6.92 Å². The molecule has 1 fully saturated rings. The molecule has 0 saturated carbocycles. The molecule has 0 radical (unpaired) electrons. The molecule has 0 spiro atoms. The second-order valence-corrected chi connectivity index (χ2v) is 7.56. The smallest absolute Gasteiger partial charge is 0.335 e. The van der Waals surface area contributed by atoms with Crippen LogP contribution in [0.3, 0.4) is 0 Å². The number of hydrogen-bond donors (Lipinski definition) is 1. The molecule has 1 heterocycles. The van der Waals surface area contributed by atoms with Crippen LogP contribution < -0.4 is 19.7 Å². The molecule has 2 aromatic carbocycles. The molecule has 7 nitrogen and oxygen atoms in total. The molecule has 3 rings (SSSR count). The normalized spacial score (nSPS) is 15.4. The number of rotatable bonds is 6. The second kappa shape index (κ2) is 9.13. The number of nitrogens with one attached hydrogen (secondary N) is 1. The summed E-state index contributed by atoms with van der Waals surface area (Å²) in [6.45, 7) is 4.32. The number of carbonyl (C=O) groups excluding carboxylic acids is 3. The number of amides is 4. The molecule has 2 aromatic rings. The molecule has 1 aliphatic heterocycles.